The van der Waals surface area contributed by atoms with E-state index in [-0.39, 0.29) is 29.9 Å². The molecule has 1 atom stereocenters. The molecule has 7 nitrogen and oxygen atoms in total. The van der Waals surface area contributed by atoms with Crippen LogP contribution in [-0.2, 0) is 4.79 Å². The van der Waals surface area contributed by atoms with Gasteiger partial charge in [0.1, 0.15) is 0 Å². The molecule has 0 saturated carbocycles. The summed E-state index contributed by atoms with van der Waals surface area (Å²) in [6.07, 6.45) is 6.12. The number of carbonyl (C=O) groups excluding carboxylic acids is 1. The molecule has 0 bridgehead atoms. The van der Waals surface area contributed by atoms with Crippen molar-refractivity contribution in [1.82, 2.24) is 14.9 Å². The Bertz CT molecular complexity index is 506. The number of hydrogen-bond donors (Lipinski definition) is 2. The minimum atomic E-state index is -0.845. The molecule has 1 aromatic rings. The van der Waals surface area contributed by atoms with Gasteiger partial charge >= 0.3 is 5.97 Å². The fourth-order valence-corrected chi connectivity index (χ4v) is 2.51. The van der Waals surface area contributed by atoms with Gasteiger partial charge in [0.25, 0.3) is 5.91 Å². The molecule has 108 valence electrons. The van der Waals surface area contributed by atoms with Crippen molar-refractivity contribution in [3.63, 3.8) is 0 Å². The Morgan fingerprint density at radius 3 is 2.80 bits per heavy atom. The number of likely N-dealkylation sites (tertiary alicyclic amines) is 1. The largest absolute Gasteiger partial charge is 0.481 e. The highest BCUT2D eigenvalue weighted by Gasteiger charge is 2.29. The van der Waals surface area contributed by atoms with Gasteiger partial charge in [-0.15, -0.1) is 0 Å². The first-order valence-electron chi connectivity index (χ1n) is 6.69. The average Bonchev–Trinajstić information content (AvgIpc) is 2.45. The fraction of sp³-hybridized carbons (Fsp3) is 0.538. The number of carbonyl (C=O) groups is 2. The highest BCUT2D eigenvalue weighted by molar-refractivity contribution is 5.96. The summed E-state index contributed by atoms with van der Waals surface area (Å²) >= 11 is 0. The molecular weight excluding hydrogens is 260 g/mol. The van der Waals surface area contributed by atoms with Gasteiger partial charge in [0.05, 0.1) is 0 Å². The highest BCUT2D eigenvalue weighted by Crippen LogP contribution is 2.23. The maximum Gasteiger partial charge on any atom is 0.303 e. The third-order valence-electron chi connectivity index (χ3n) is 3.51. The van der Waals surface area contributed by atoms with E-state index in [1.54, 1.807) is 4.90 Å². The standard InChI is InChI=1S/C13H18N4O3/c14-12-11(15-6-7-16-12)13(20)17-8-2-1-3-9(17)4-5-10(18)19/h6-7,9H,1-5,8H2,(H2,14,16)(H,18,19). The Labute approximate surface area is 116 Å². The molecule has 0 aromatic carbocycles. The number of aromatic nitrogens is 2. The molecule has 0 aliphatic carbocycles. The Morgan fingerprint density at radius 1 is 1.35 bits per heavy atom. The predicted octanol–water partition coefficient (Wildman–Crippen LogP) is 0.918. The molecule has 1 aromatic heterocycles. The topological polar surface area (TPSA) is 109 Å². The third-order valence-corrected chi connectivity index (χ3v) is 3.51. The number of carboxylic acids is 1. The van der Waals surface area contributed by atoms with Gasteiger partial charge in [0, 0.05) is 31.4 Å². The van der Waals surface area contributed by atoms with Crippen LogP contribution in [0, 0.1) is 0 Å². The van der Waals surface area contributed by atoms with E-state index < -0.39 is 5.97 Å². The van der Waals surface area contributed by atoms with Gasteiger partial charge in [-0.3, -0.25) is 9.59 Å². The number of rotatable bonds is 4. The highest BCUT2D eigenvalue weighted by atomic mass is 16.4. The Morgan fingerprint density at radius 2 is 2.10 bits per heavy atom. The first-order valence-corrected chi connectivity index (χ1v) is 6.69. The first kappa shape index (κ1) is 14.2. The van der Waals surface area contributed by atoms with Crippen LogP contribution >= 0.6 is 0 Å². The zero-order valence-corrected chi connectivity index (χ0v) is 11.2. The molecule has 1 fully saturated rings. The summed E-state index contributed by atoms with van der Waals surface area (Å²) < 4.78 is 0. The van der Waals surface area contributed by atoms with Crippen molar-refractivity contribution in [2.75, 3.05) is 12.3 Å². The first-order chi connectivity index (χ1) is 9.59. The number of amides is 1. The van der Waals surface area contributed by atoms with Crippen molar-refractivity contribution in [3.05, 3.63) is 18.1 Å². The van der Waals surface area contributed by atoms with Crippen LogP contribution in [0.4, 0.5) is 5.82 Å². The van der Waals surface area contributed by atoms with E-state index in [1.807, 2.05) is 0 Å². The maximum absolute atomic E-state index is 12.5. The van der Waals surface area contributed by atoms with E-state index >= 15 is 0 Å². The molecule has 2 rings (SSSR count). The van der Waals surface area contributed by atoms with Gasteiger partial charge in [0.2, 0.25) is 0 Å². The SMILES string of the molecule is Nc1nccnc1C(=O)N1CCCCC1CCC(=O)O. The van der Waals surface area contributed by atoms with Crippen LogP contribution in [0.1, 0.15) is 42.6 Å². The van der Waals surface area contributed by atoms with Crippen molar-refractivity contribution in [1.29, 1.82) is 0 Å². The van der Waals surface area contributed by atoms with E-state index in [0.29, 0.717) is 13.0 Å². The third kappa shape index (κ3) is 3.23. The van der Waals surface area contributed by atoms with Crippen LogP contribution in [0.15, 0.2) is 12.4 Å². The number of nitrogens with zero attached hydrogens (tertiary/aromatic N) is 3. The second-order valence-electron chi connectivity index (χ2n) is 4.87. The van der Waals surface area contributed by atoms with Gasteiger partial charge in [-0.2, -0.15) is 0 Å². The quantitative estimate of drug-likeness (QED) is 0.847. The van der Waals surface area contributed by atoms with Gasteiger partial charge in [0.15, 0.2) is 11.5 Å². The van der Waals surface area contributed by atoms with E-state index in [1.165, 1.54) is 12.4 Å². The summed E-state index contributed by atoms with van der Waals surface area (Å²) in [5.41, 5.74) is 5.83. The van der Waals surface area contributed by atoms with Crippen molar-refractivity contribution < 1.29 is 14.7 Å². The molecule has 2 heterocycles. The number of aliphatic carboxylic acids is 1. The fourth-order valence-electron chi connectivity index (χ4n) is 2.51. The van der Waals surface area contributed by atoms with E-state index in [2.05, 4.69) is 9.97 Å². The zero-order valence-electron chi connectivity index (χ0n) is 11.2. The minimum absolute atomic E-state index is 0.0599. The van der Waals surface area contributed by atoms with Crippen molar-refractivity contribution >= 4 is 17.7 Å². The molecular formula is C13H18N4O3. The molecule has 1 aliphatic rings. The second kappa shape index (κ2) is 6.31. The Hall–Kier alpha value is -2.18. The smallest absolute Gasteiger partial charge is 0.303 e. The van der Waals surface area contributed by atoms with Crippen molar-refractivity contribution in [2.45, 2.75) is 38.1 Å². The van der Waals surface area contributed by atoms with Crippen LogP contribution in [-0.4, -0.2) is 44.4 Å². The van der Waals surface area contributed by atoms with Crippen LogP contribution in [0.5, 0.6) is 0 Å². The molecule has 3 N–H and O–H groups in total. The summed E-state index contributed by atoms with van der Waals surface area (Å²) in [7, 11) is 0. The summed E-state index contributed by atoms with van der Waals surface area (Å²) in [6, 6.07) is -0.0613. The molecule has 7 heteroatoms. The predicted molar refractivity (Wildman–Crippen MR) is 72.0 cm³/mol. The molecule has 1 aliphatic heterocycles. The van der Waals surface area contributed by atoms with E-state index in [0.717, 1.165) is 19.3 Å². The van der Waals surface area contributed by atoms with Gasteiger partial charge in [-0.1, -0.05) is 0 Å². The van der Waals surface area contributed by atoms with Crippen LogP contribution in [0.25, 0.3) is 0 Å². The lowest BCUT2D eigenvalue weighted by atomic mass is 9.97. The molecule has 0 spiro atoms. The number of carboxylic acid groups (broad SMARTS) is 1. The molecule has 1 saturated heterocycles. The summed E-state index contributed by atoms with van der Waals surface area (Å²) in [5.74, 6) is -0.993. The summed E-state index contributed by atoms with van der Waals surface area (Å²) in [6.45, 7) is 0.610. The van der Waals surface area contributed by atoms with Crippen LogP contribution < -0.4 is 5.73 Å². The average molecular weight is 278 g/mol. The normalized spacial score (nSPS) is 18.8. The maximum atomic E-state index is 12.5. The lowest BCUT2D eigenvalue weighted by molar-refractivity contribution is -0.137. The van der Waals surface area contributed by atoms with Gasteiger partial charge in [-0.05, 0) is 25.7 Å². The van der Waals surface area contributed by atoms with Crippen LogP contribution in [0.3, 0.4) is 0 Å². The van der Waals surface area contributed by atoms with Crippen molar-refractivity contribution in [3.8, 4) is 0 Å². The monoisotopic (exact) mass is 278 g/mol. The van der Waals surface area contributed by atoms with Gasteiger partial charge < -0.3 is 15.7 Å². The summed E-state index contributed by atoms with van der Waals surface area (Å²) in [5, 5.41) is 8.78. The number of nitrogen functional groups attached to an aromatic ring is 1. The Balaban J connectivity index is 2.13. The van der Waals surface area contributed by atoms with Crippen LogP contribution in [0.2, 0.25) is 0 Å². The molecule has 20 heavy (non-hydrogen) atoms. The number of anilines is 1. The second-order valence-corrected chi connectivity index (χ2v) is 4.87. The van der Waals surface area contributed by atoms with E-state index in [9.17, 15) is 9.59 Å². The number of nitrogens with two attached hydrogens (primary N) is 1. The lowest BCUT2D eigenvalue weighted by Gasteiger charge is -2.35. The number of piperidine rings is 1. The van der Waals surface area contributed by atoms with Gasteiger partial charge in [-0.25, -0.2) is 9.97 Å². The molecule has 1 amide bonds. The summed E-state index contributed by atoms with van der Waals surface area (Å²) in [4.78, 5) is 32.7. The van der Waals surface area contributed by atoms with E-state index in [4.69, 9.17) is 10.8 Å². The minimum Gasteiger partial charge on any atom is -0.481 e. The molecule has 0 radical (unpaired) electrons. The zero-order chi connectivity index (χ0) is 14.5. The molecule has 1 unspecified atom stereocenters. The lowest BCUT2D eigenvalue weighted by Crippen LogP contribution is -2.44. The Kier molecular flexibility index (Phi) is 4.49. The number of hydrogen-bond acceptors (Lipinski definition) is 5. The van der Waals surface area contributed by atoms with Crippen molar-refractivity contribution in [2.24, 2.45) is 0 Å².